The van der Waals surface area contributed by atoms with E-state index in [9.17, 15) is 0 Å². The third kappa shape index (κ3) is 3.49. The average molecular weight is 301 g/mol. The second kappa shape index (κ2) is 6.72. The smallest absolute Gasteiger partial charge is 0.208 e. The maximum Gasteiger partial charge on any atom is 0.208 e. The van der Waals surface area contributed by atoms with Crippen molar-refractivity contribution < 1.29 is 0 Å². The number of rotatable bonds is 6. The molecule has 0 unspecified atom stereocenters. The lowest BCUT2D eigenvalue weighted by molar-refractivity contribution is 0.921. The van der Waals surface area contributed by atoms with Crippen LogP contribution in [0.15, 0.2) is 53.0 Å². The summed E-state index contributed by atoms with van der Waals surface area (Å²) in [7, 11) is 0. The zero-order valence-corrected chi connectivity index (χ0v) is 12.6. The molecule has 0 fully saturated rings. The van der Waals surface area contributed by atoms with Crippen molar-refractivity contribution in [1.29, 1.82) is 0 Å². The molecule has 0 amide bonds. The Labute approximate surface area is 126 Å². The molecule has 3 aromatic rings. The fourth-order valence-corrected chi connectivity index (χ4v) is 3.32. The van der Waals surface area contributed by atoms with Gasteiger partial charge in [0.25, 0.3) is 0 Å². The Morgan fingerprint density at radius 3 is 2.80 bits per heavy atom. The molecule has 0 aliphatic rings. The van der Waals surface area contributed by atoms with Crippen LogP contribution in [0.1, 0.15) is 12.0 Å². The van der Waals surface area contributed by atoms with Crippen molar-refractivity contribution in [1.82, 2.24) is 15.2 Å². The van der Waals surface area contributed by atoms with Crippen LogP contribution in [0.25, 0.3) is 10.7 Å². The number of thiophene rings is 1. The Morgan fingerprint density at radius 1 is 1.10 bits per heavy atom. The third-order valence-electron chi connectivity index (χ3n) is 2.90. The summed E-state index contributed by atoms with van der Waals surface area (Å²) in [6, 6.07) is 14.6. The van der Waals surface area contributed by atoms with Crippen molar-refractivity contribution >= 4 is 23.1 Å². The van der Waals surface area contributed by atoms with Gasteiger partial charge in [-0.15, -0.1) is 16.4 Å². The number of nitrogens with one attached hydrogen (secondary N) is 1. The number of nitrogens with zero attached hydrogens (tertiary/aromatic N) is 2. The molecule has 0 radical (unpaired) electrons. The van der Waals surface area contributed by atoms with Crippen LogP contribution in [0.5, 0.6) is 0 Å². The normalized spacial score (nSPS) is 10.8. The molecule has 3 rings (SSSR count). The number of aromatic nitrogens is 3. The Balaban J connectivity index is 1.47. The van der Waals surface area contributed by atoms with Crippen molar-refractivity contribution in [2.75, 3.05) is 5.75 Å². The molecule has 0 bridgehead atoms. The van der Waals surface area contributed by atoms with Gasteiger partial charge in [0.2, 0.25) is 5.16 Å². The van der Waals surface area contributed by atoms with E-state index in [1.165, 1.54) is 5.56 Å². The highest BCUT2D eigenvalue weighted by molar-refractivity contribution is 7.99. The molecule has 3 nitrogen and oxygen atoms in total. The summed E-state index contributed by atoms with van der Waals surface area (Å²) in [4.78, 5) is 5.64. The van der Waals surface area contributed by atoms with E-state index >= 15 is 0 Å². The fraction of sp³-hybridized carbons (Fsp3) is 0.200. The van der Waals surface area contributed by atoms with Gasteiger partial charge >= 0.3 is 0 Å². The number of aromatic amines is 1. The highest BCUT2D eigenvalue weighted by Gasteiger charge is 2.06. The first-order chi connectivity index (χ1) is 9.92. The summed E-state index contributed by atoms with van der Waals surface area (Å²) in [5.41, 5.74) is 1.39. The summed E-state index contributed by atoms with van der Waals surface area (Å²) in [6.45, 7) is 0. The zero-order valence-electron chi connectivity index (χ0n) is 11.0. The first-order valence-electron chi connectivity index (χ1n) is 6.55. The first kappa shape index (κ1) is 13.4. The van der Waals surface area contributed by atoms with Gasteiger partial charge in [0.05, 0.1) is 4.88 Å². The topological polar surface area (TPSA) is 41.6 Å². The standard InChI is InChI=1S/C15H15N3S2/c1-2-6-12(7-3-1)8-4-11-20-15-16-14(17-18-15)13-9-5-10-19-13/h1-3,5-7,9-10H,4,8,11H2,(H,16,17,18). The van der Waals surface area contributed by atoms with E-state index < -0.39 is 0 Å². The largest absolute Gasteiger partial charge is 0.257 e. The van der Waals surface area contributed by atoms with E-state index in [1.54, 1.807) is 23.1 Å². The van der Waals surface area contributed by atoms with Gasteiger partial charge in [0.1, 0.15) is 0 Å². The lowest BCUT2D eigenvalue weighted by Gasteiger charge is -1.99. The predicted octanol–water partition coefficient (Wildman–Crippen LogP) is 4.26. The SMILES string of the molecule is c1ccc(CCCSc2n[nH]c(-c3cccs3)n2)cc1. The Morgan fingerprint density at radius 2 is 2.00 bits per heavy atom. The van der Waals surface area contributed by atoms with Crippen LogP contribution < -0.4 is 0 Å². The summed E-state index contributed by atoms with van der Waals surface area (Å²) < 4.78 is 0. The number of thioether (sulfide) groups is 1. The molecular formula is C15H15N3S2. The summed E-state index contributed by atoms with van der Waals surface area (Å²) in [5, 5.41) is 10.1. The van der Waals surface area contributed by atoms with E-state index in [4.69, 9.17) is 0 Å². The molecule has 2 heterocycles. The van der Waals surface area contributed by atoms with E-state index in [0.29, 0.717) is 0 Å². The van der Waals surface area contributed by atoms with Crippen LogP contribution in [0.4, 0.5) is 0 Å². The number of H-pyrrole nitrogens is 1. The fourth-order valence-electron chi connectivity index (χ4n) is 1.92. The van der Waals surface area contributed by atoms with Crippen LogP contribution in [0.3, 0.4) is 0 Å². The number of benzene rings is 1. The molecule has 20 heavy (non-hydrogen) atoms. The predicted molar refractivity (Wildman–Crippen MR) is 85.2 cm³/mol. The second-order valence-electron chi connectivity index (χ2n) is 4.38. The molecule has 5 heteroatoms. The first-order valence-corrected chi connectivity index (χ1v) is 8.41. The Bertz CT molecular complexity index is 632. The zero-order chi connectivity index (χ0) is 13.6. The van der Waals surface area contributed by atoms with Gasteiger partial charge in [-0.3, -0.25) is 5.10 Å². The summed E-state index contributed by atoms with van der Waals surface area (Å²) in [6.07, 6.45) is 2.24. The molecule has 0 aliphatic heterocycles. The minimum absolute atomic E-state index is 0.835. The van der Waals surface area contributed by atoms with Crippen LogP contribution in [0, 0.1) is 0 Å². The van der Waals surface area contributed by atoms with Gasteiger partial charge < -0.3 is 0 Å². The van der Waals surface area contributed by atoms with Crippen LogP contribution in [-0.2, 0) is 6.42 Å². The maximum atomic E-state index is 4.50. The molecule has 1 aromatic carbocycles. The van der Waals surface area contributed by atoms with Crippen molar-refractivity contribution in [3.63, 3.8) is 0 Å². The second-order valence-corrected chi connectivity index (χ2v) is 6.39. The molecule has 1 N–H and O–H groups in total. The minimum atomic E-state index is 0.835. The molecule has 102 valence electrons. The minimum Gasteiger partial charge on any atom is -0.257 e. The van der Waals surface area contributed by atoms with Crippen molar-refractivity contribution in [3.8, 4) is 10.7 Å². The summed E-state index contributed by atoms with van der Waals surface area (Å²) >= 11 is 3.38. The summed E-state index contributed by atoms with van der Waals surface area (Å²) in [5.74, 6) is 1.90. The van der Waals surface area contributed by atoms with Crippen molar-refractivity contribution in [3.05, 3.63) is 53.4 Å². The molecule has 2 aromatic heterocycles. The lowest BCUT2D eigenvalue weighted by Crippen LogP contribution is -1.88. The van der Waals surface area contributed by atoms with Gasteiger partial charge in [-0.2, -0.15) is 0 Å². The van der Waals surface area contributed by atoms with Gasteiger partial charge in [-0.25, -0.2) is 4.98 Å². The molecular weight excluding hydrogens is 286 g/mol. The van der Waals surface area contributed by atoms with Crippen molar-refractivity contribution in [2.45, 2.75) is 18.0 Å². The van der Waals surface area contributed by atoms with E-state index in [0.717, 1.165) is 34.5 Å². The molecule has 0 saturated carbocycles. The van der Waals surface area contributed by atoms with Gasteiger partial charge in [0, 0.05) is 5.75 Å². The Hall–Kier alpha value is -1.59. The Kier molecular flexibility index (Phi) is 4.50. The monoisotopic (exact) mass is 301 g/mol. The van der Waals surface area contributed by atoms with Gasteiger partial charge in [-0.1, -0.05) is 48.2 Å². The quantitative estimate of drug-likeness (QED) is 0.546. The molecule has 0 aliphatic carbocycles. The average Bonchev–Trinajstić information content (AvgIpc) is 3.15. The highest BCUT2D eigenvalue weighted by atomic mass is 32.2. The molecule has 0 atom stereocenters. The lowest BCUT2D eigenvalue weighted by atomic mass is 10.1. The van der Waals surface area contributed by atoms with Crippen molar-refractivity contribution in [2.24, 2.45) is 0 Å². The van der Waals surface area contributed by atoms with E-state index in [2.05, 4.69) is 51.6 Å². The van der Waals surface area contributed by atoms with E-state index in [-0.39, 0.29) is 0 Å². The maximum absolute atomic E-state index is 4.50. The number of hydrogen-bond acceptors (Lipinski definition) is 4. The van der Waals surface area contributed by atoms with Crippen LogP contribution >= 0.6 is 23.1 Å². The number of aryl methyl sites for hydroxylation is 1. The molecule has 0 saturated heterocycles. The van der Waals surface area contributed by atoms with E-state index in [1.807, 2.05) is 11.4 Å². The van der Waals surface area contributed by atoms with Gasteiger partial charge in [0.15, 0.2) is 5.82 Å². The number of hydrogen-bond donors (Lipinski definition) is 1. The van der Waals surface area contributed by atoms with Gasteiger partial charge in [-0.05, 0) is 29.9 Å². The van der Waals surface area contributed by atoms with Crippen LogP contribution in [0.2, 0.25) is 0 Å². The molecule has 0 spiro atoms. The highest BCUT2D eigenvalue weighted by Crippen LogP contribution is 2.23. The van der Waals surface area contributed by atoms with Crippen LogP contribution in [-0.4, -0.2) is 20.9 Å². The third-order valence-corrected chi connectivity index (χ3v) is 4.71.